The molecule has 0 spiro atoms. The lowest BCUT2D eigenvalue weighted by molar-refractivity contribution is -0.139. The molecule has 2 bridgehead atoms. The Kier molecular flexibility index (Phi) is 7.26. The lowest BCUT2D eigenvalue weighted by atomic mass is 9.95. The minimum absolute atomic E-state index is 0.00276. The van der Waals surface area contributed by atoms with Gasteiger partial charge in [-0.15, -0.1) is 0 Å². The van der Waals surface area contributed by atoms with Crippen molar-refractivity contribution in [3.63, 3.8) is 0 Å². The van der Waals surface area contributed by atoms with Gasteiger partial charge in [0.1, 0.15) is 52.7 Å². The second-order valence-corrected chi connectivity index (χ2v) is 12.5. The van der Waals surface area contributed by atoms with Crippen LogP contribution in [0.5, 0.6) is 6.01 Å². The zero-order chi connectivity index (χ0) is 32.6. The minimum Gasteiger partial charge on any atom is -0.461 e. The van der Waals surface area contributed by atoms with Crippen LogP contribution in [0, 0.1) is 11.6 Å². The number of nitrogen functional groups attached to an aromatic ring is 1. The molecule has 4 aliphatic heterocycles. The van der Waals surface area contributed by atoms with Gasteiger partial charge in [-0.3, -0.25) is 9.88 Å². The number of ether oxygens (including phenoxy) is 1. The van der Waals surface area contributed by atoms with Gasteiger partial charge < -0.3 is 20.7 Å². The summed E-state index contributed by atoms with van der Waals surface area (Å²) in [6.45, 7) is 1.15. The predicted molar refractivity (Wildman–Crippen MR) is 150 cm³/mol. The van der Waals surface area contributed by atoms with E-state index in [1.54, 1.807) is 4.90 Å². The second kappa shape index (κ2) is 10.9. The van der Waals surface area contributed by atoms with Crippen molar-refractivity contribution in [1.29, 1.82) is 0 Å². The molecule has 7 rings (SSSR count). The van der Waals surface area contributed by atoms with Crippen molar-refractivity contribution in [3.8, 4) is 17.4 Å². The van der Waals surface area contributed by atoms with Gasteiger partial charge in [0.25, 0.3) is 6.08 Å². The maximum atomic E-state index is 16.4. The van der Waals surface area contributed by atoms with Gasteiger partial charge in [-0.05, 0) is 32.2 Å². The Morgan fingerprint density at radius 1 is 1.13 bits per heavy atom. The van der Waals surface area contributed by atoms with Crippen LogP contribution in [0.25, 0.3) is 22.3 Å². The highest BCUT2D eigenvalue weighted by atomic mass is 19.4. The van der Waals surface area contributed by atoms with Crippen molar-refractivity contribution in [1.82, 2.24) is 30.2 Å². The number of aromatic nitrogens is 4. The van der Waals surface area contributed by atoms with Crippen LogP contribution in [0.2, 0.25) is 0 Å². The third-order valence-electron chi connectivity index (χ3n) is 9.40. The molecule has 9 nitrogen and oxygen atoms in total. The van der Waals surface area contributed by atoms with E-state index in [0.29, 0.717) is 31.9 Å². The number of pyridine rings is 2. The molecule has 0 saturated carbocycles. The lowest BCUT2D eigenvalue weighted by Gasteiger charge is -2.40. The molecule has 4 atom stereocenters. The molecule has 4 fully saturated rings. The molecule has 46 heavy (non-hydrogen) atoms. The number of nitrogens with one attached hydrogen (secondary N) is 1. The first-order chi connectivity index (χ1) is 21.8. The summed E-state index contributed by atoms with van der Waals surface area (Å²) in [4.78, 5) is 19.8. The van der Waals surface area contributed by atoms with E-state index < -0.39 is 69.4 Å². The first-order valence-corrected chi connectivity index (χ1v) is 14.7. The number of piperazine rings is 1. The first kappa shape index (κ1) is 30.8. The zero-order valence-electron chi connectivity index (χ0n) is 24.2. The SMILES string of the molecule is Nc1cc(F)c(C(F)(F)F)c(-c2ncc3c(N4C[C@@H]5CC[C@](C=C(F)F)(C4)N5)nc(OCC45CCCN4C[C@H](F)C5)nc3c2F)n1. The van der Waals surface area contributed by atoms with E-state index in [9.17, 15) is 30.7 Å². The van der Waals surface area contributed by atoms with Crippen LogP contribution in [0.3, 0.4) is 0 Å². The van der Waals surface area contributed by atoms with Gasteiger partial charge in [-0.2, -0.15) is 31.9 Å². The highest BCUT2D eigenvalue weighted by molar-refractivity contribution is 5.92. The second-order valence-electron chi connectivity index (χ2n) is 12.5. The van der Waals surface area contributed by atoms with Gasteiger partial charge in [-0.25, -0.2) is 18.2 Å². The third kappa shape index (κ3) is 5.26. The number of hydrogen-bond donors (Lipinski definition) is 2. The van der Waals surface area contributed by atoms with Crippen LogP contribution in [-0.2, 0) is 6.18 Å². The van der Waals surface area contributed by atoms with Gasteiger partial charge in [-0.1, -0.05) is 0 Å². The van der Waals surface area contributed by atoms with Gasteiger partial charge in [0, 0.05) is 50.4 Å². The number of halogens is 8. The maximum absolute atomic E-state index is 16.4. The Bertz CT molecular complexity index is 1740. The predicted octanol–water partition coefficient (Wildman–Crippen LogP) is 5.01. The molecule has 4 aliphatic rings. The van der Waals surface area contributed by atoms with E-state index in [-0.39, 0.29) is 55.9 Å². The molecule has 0 aliphatic carbocycles. The van der Waals surface area contributed by atoms with Gasteiger partial charge >= 0.3 is 12.2 Å². The van der Waals surface area contributed by atoms with Gasteiger partial charge in [0.2, 0.25) is 0 Å². The molecular formula is C29H28F8N8O. The van der Waals surface area contributed by atoms with Crippen molar-refractivity contribution < 1.29 is 39.9 Å². The van der Waals surface area contributed by atoms with E-state index in [4.69, 9.17) is 10.5 Å². The molecule has 0 aromatic carbocycles. The standard InChI is InChI=1S/C29H28F8N8O/c30-14-7-28(3-1-5-45(28)10-14)13-46-26-41-22-16(25(42-26)44-11-15-2-4-27(12-44,43-15)8-18(32)33)9-39-24(21(22)34)23-20(29(35,36)37)17(31)6-19(38)40-23/h6,8-9,14-15,43H,1-5,7,10-13H2,(H2,38,40)/t14-,15+,27+,28?/m1/s1. The van der Waals surface area contributed by atoms with Crippen molar-refractivity contribution in [2.75, 3.05) is 43.4 Å². The van der Waals surface area contributed by atoms with E-state index in [1.807, 2.05) is 4.90 Å². The summed E-state index contributed by atoms with van der Waals surface area (Å²) >= 11 is 0. The van der Waals surface area contributed by atoms with Crippen LogP contribution in [0.15, 0.2) is 24.4 Å². The van der Waals surface area contributed by atoms with Crippen molar-refractivity contribution in [3.05, 3.63) is 41.6 Å². The fraction of sp³-hybridized carbons (Fsp3) is 0.517. The fourth-order valence-electron chi connectivity index (χ4n) is 7.56. The number of hydrogen-bond acceptors (Lipinski definition) is 9. The number of alkyl halides is 4. The van der Waals surface area contributed by atoms with E-state index in [2.05, 4.69) is 25.3 Å². The normalized spacial score (nSPS) is 27.8. The average molecular weight is 657 g/mol. The highest BCUT2D eigenvalue weighted by Gasteiger charge is 2.50. The molecule has 3 N–H and O–H groups in total. The Hall–Kier alpha value is -3.86. The number of anilines is 2. The lowest BCUT2D eigenvalue weighted by Crippen LogP contribution is -2.59. The monoisotopic (exact) mass is 656 g/mol. The molecule has 7 heterocycles. The minimum atomic E-state index is -5.27. The van der Waals surface area contributed by atoms with E-state index >= 15 is 4.39 Å². The summed E-state index contributed by atoms with van der Waals surface area (Å²) in [5, 5.41) is 3.15. The number of nitrogens with two attached hydrogens (primary N) is 1. The smallest absolute Gasteiger partial charge is 0.421 e. The number of fused-ring (bicyclic) bond motifs is 4. The van der Waals surface area contributed by atoms with Gasteiger partial charge in [0.05, 0.1) is 16.5 Å². The van der Waals surface area contributed by atoms with Gasteiger partial charge in [0.15, 0.2) is 5.82 Å². The van der Waals surface area contributed by atoms with E-state index in [1.165, 1.54) is 0 Å². The van der Waals surface area contributed by atoms with Crippen LogP contribution >= 0.6 is 0 Å². The molecule has 1 unspecified atom stereocenters. The average Bonchev–Trinajstić information content (AvgIpc) is 3.58. The van der Waals surface area contributed by atoms with Crippen LogP contribution in [0.1, 0.15) is 37.7 Å². The van der Waals surface area contributed by atoms with Crippen molar-refractivity contribution >= 4 is 22.5 Å². The Morgan fingerprint density at radius 3 is 2.70 bits per heavy atom. The largest absolute Gasteiger partial charge is 0.461 e. The summed E-state index contributed by atoms with van der Waals surface area (Å²) in [6, 6.07) is -0.204. The van der Waals surface area contributed by atoms with Crippen LogP contribution < -0.4 is 20.7 Å². The van der Waals surface area contributed by atoms with Crippen molar-refractivity contribution in [2.24, 2.45) is 0 Å². The number of rotatable bonds is 6. The maximum Gasteiger partial charge on any atom is 0.421 e. The van der Waals surface area contributed by atoms with Crippen LogP contribution in [-0.4, -0.2) is 80.9 Å². The number of nitrogens with zero attached hydrogens (tertiary/aromatic N) is 6. The van der Waals surface area contributed by atoms with E-state index in [0.717, 1.165) is 18.7 Å². The third-order valence-corrected chi connectivity index (χ3v) is 9.40. The molecule has 17 heteroatoms. The Labute approximate surface area is 256 Å². The topological polar surface area (TPSA) is 105 Å². The quantitative estimate of drug-likeness (QED) is 0.355. The zero-order valence-corrected chi connectivity index (χ0v) is 24.2. The fourth-order valence-corrected chi connectivity index (χ4v) is 7.56. The molecule has 0 amide bonds. The Balaban J connectivity index is 1.36. The summed E-state index contributed by atoms with van der Waals surface area (Å²) in [7, 11) is 0. The summed E-state index contributed by atoms with van der Waals surface area (Å²) in [5.74, 6) is -3.71. The van der Waals surface area contributed by atoms with Crippen molar-refractivity contribution in [2.45, 2.75) is 61.6 Å². The first-order valence-electron chi connectivity index (χ1n) is 14.7. The summed E-state index contributed by atoms with van der Waals surface area (Å²) in [6.07, 6.45) is -3.72. The molecular weight excluding hydrogens is 628 g/mol. The Morgan fingerprint density at radius 2 is 1.93 bits per heavy atom. The molecule has 246 valence electrons. The molecule has 0 radical (unpaired) electrons. The molecule has 4 saturated heterocycles. The van der Waals surface area contributed by atoms with Crippen LogP contribution in [0.4, 0.5) is 46.8 Å². The molecule has 3 aromatic rings. The highest BCUT2D eigenvalue weighted by Crippen LogP contribution is 2.43. The molecule has 3 aromatic heterocycles. The summed E-state index contributed by atoms with van der Waals surface area (Å²) in [5.41, 5.74) is -0.713. The summed E-state index contributed by atoms with van der Waals surface area (Å²) < 4.78 is 120.